The van der Waals surface area contributed by atoms with Gasteiger partial charge in [-0.3, -0.25) is 9.36 Å². The van der Waals surface area contributed by atoms with Crippen molar-refractivity contribution in [2.24, 2.45) is 0 Å². The number of piperazine rings is 1. The van der Waals surface area contributed by atoms with Gasteiger partial charge in [0.05, 0.1) is 11.4 Å². The molecule has 0 bridgehead atoms. The number of halogens is 1. The summed E-state index contributed by atoms with van der Waals surface area (Å²) < 4.78 is 6.82. The van der Waals surface area contributed by atoms with Crippen molar-refractivity contribution >= 4 is 23.6 Å². The monoisotopic (exact) mass is 482 g/mol. The molecule has 1 aliphatic heterocycles. The quantitative estimate of drug-likeness (QED) is 0.606. The van der Waals surface area contributed by atoms with E-state index in [1.165, 1.54) is 4.57 Å². The normalized spacial score (nSPS) is 14.2. The number of hydrogen-bond acceptors (Lipinski definition) is 4. The van der Waals surface area contributed by atoms with Gasteiger partial charge in [-0.15, -0.1) is 0 Å². The first kappa shape index (κ1) is 23.6. The van der Waals surface area contributed by atoms with Gasteiger partial charge < -0.3 is 19.5 Å². The maximum atomic E-state index is 13.8. The number of nitrogens with zero attached hydrogens (tertiary/aromatic N) is 3. The number of imidazole rings is 1. The molecule has 0 saturated carbocycles. The van der Waals surface area contributed by atoms with E-state index in [1.807, 2.05) is 26.8 Å². The van der Waals surface area contributed by atoms with Crippen molar-refractivity contribution < 1.29 is 14.3 Å². The average molecular weight is 483 g/mol. The molecule has 1 aromatic heterocycles. The van der Waals surface area contributed by atoms with E-state index in [9.17, 15) is 14.4 Å². The average Bonchev–Trinajstić information content (AvgIpc) is 3.15. The summed E-state index contributed by atoms with van der Waals surface area (Å²) in [4.78, 5) is 45.3. The topological polar surface area (TPSA) is 87.6 Å². The highest BCUT2D eigenvalue weighted by Crippen LogP contribution is 2.30. The Kier molecular flexibility index (Phi) is 6.52. The Bertz CT molecular complexity index is 1250. The first-order valence-electron chi connectivity index (χ1n) is 11.1. The zero-order valence-electron chi connectivity index (χ0n) is 19.4. The molecule has 2 amide bonds. The highest BCUT2D eigenvalue weighted by molar-refractivity contribution is 6.33. The number of carbonyl (C=O) groups is 2. The van der Waals surface area contributed by atoms with Crippen molar-refractivity contribution in [1.29, 1.82) is 0 Å². The molecule has 0 radical (unpaired) electrons. The van der Waals surface area contributed by atoms with E-state index in [0.29, 0.717) is 48.1 Å². The third kappa shape index (κ3) is 4.87. The number of aromatic amines is 1. The van der Waals surface area contributed by atoms with Crippen LogP contribution < -0.4 is 5.69 Å². The van der Waals surface area contributed by atoms with Gasteiger partial charge >= 0.3 is 11.8 Å². The van der Waals surface area contributed by atoms with Gasteiger partial charge in [-0.2, -0.15) is 0 Å². The summed E-state index contributed by atoms with van der Waals surface area (Å²) in [6.45, 7) is 6.74. The van der Waals surface area contributed by atoms with Gasteiger partial charge in [-0.25, -0.2) is 9.59 Å². The summed E-state index contributed by atoms with van der Waals surface area (Å²) in [5.41, 5.74) is 0.667. The maximum absolute atomic E-state index is 13.8. The van der Waals surface area contributed by atoms with Gasteiger partial charge in [0.15, 0.2) is 0 Å². The Morgan fingerprint density at radius 3 is 2.12 bits per heavy atom. The number of amides is 2. The first-order chi connectivity index (χ1) is 16.2. The summed E-state index contributed by atoms with van der Waals surface area (Å²) in [6, 6.07) is 16.0. The van der Waals surface area contributed by atoms with Crippen molar-refractivity contribution in [3.63, 3.8) is 0 Å². The second-order valence-corrected chi connectivity index (χ2v) is 9.47. The van der Waals surface area contributed by atoms with E-state index < -0.39 is 17.4 Å². The van der Waals surface area contributed by atoms with Crippen LogP contribution in [0, 0.1) is 0 Å². The van der Waals surface area contributed by atoms with E-state index in [2.05, 4.69) is 4.98 Å². The molecule has 8 nitrogen and oxygen atoms in total. The predicted molar refractivity (Wildman–Crippen MR) is 131 cm³/mol. The lowest BCUT2D eigenvalue weighted by Crippen LogP contribution is -2.52. The van der Waals surface area contributed by atoms with Crippen LogP contribution >= 0.6 is 11.6 Å². The molecule has 34 heavy (non-hydrogen) atoms. The van der Waals surface area contributed by atoms with Gasteiger partial charge in [0.25, 0.3) is 5.91 Å². The van der Waals surface area contributed by atoms with E-state index in [0.717, 1.165) is 0 Å². The lowest BCUT2D eigenvalue weighted by atomic mass is 10.1. The van der Waals surface area contributed by atoms with Crippen molar-refractivity contribution in [2.45, 2.75) is 26.4 Å². The van der Waals surface area contributed by atoms with Gasteiger partial charge in [0.1, 0.15) is 11.3 Å². The fourth-order valence-corrected chi connectivity index (χ4v) is 4.12. The van der Waals surface area contributed by atoms with Crippen molar-refractivity contribution in [1.82, 2.24) is 19.4 Å². The Labute approximate surface area is 202 Å². The van der Waals surface area contributed by atoms with Crippen LogP contribution in [0.2, 0.25) is 5.02 Å². The van der Waals surface area contributed by atoms with E-state index >= 15 is 0 Å². The van der Waals surface area contributed by atoms with Gasteiger partial charge in [-0.1, -0.05) is 48.0 Å². The minimum atomic E-state index is -0.592. The molecule has 0 unspecified atom stereocenters. The highest BCUT2D eigenvalue weighted by Gasteiger charge is 2.32. The van der Waals surface area contributed by atoms with Gasteiger partial charge in [0.2, 0.25) is 0 Å². The molecule has 2 heterocycles. The minimum Gasteiger partial charge on any atom is -0.444 e. The number of hydrogen-bond donors (Lipinski definition) is 1. The van der Waals surface area contributed by atoms with Crippen molar-refractivity contribution in [3.05, 3.63) is 75.8 Å². The molecule has 1 aliphatic rings. The fraction of sp³-hybridized carbons (Fsp3) is 0.320. The summed E-state index contributed by atoms with van der Waals surface area (Å²) in [5, 5.41) is 0.424. The molecule has 9 heteroatoms. The van der Waals surface area contributed by atoms with E-state index in [1.54, 1.807) is 58.3 Å². The Hall–Kier alpha value is -3.52. The molecule has 1 N–H and O–H groups in total. The van der Waals surface area contributed by atoms with Crippen molar-refractivity contribution in [2.75, 3.05) is 26.2 Å². The molecule has 1 saturated heterocycles. The van der Waals surface area contributed by atoms with Crippen LogP contribution in [0.4, 0.5) is 4.79 Å². The van der Waals surface area contributed by atoms with Crippen LogP contribution in [0.15, 0.2) is 59.4 Å². The minimum absolute atomic E-state index is 0.204. The van der Waals surface area contributed by atoms with Crippen LogP contribution in [0.3, 0.4) is 0 Å². The Morgan fingerprint density at radius 2 is 1.50 bits per heavy atom. The lowest BCUT2D eigenvalue weighted by Gasteiger charge is -2.35. The van der Waals surface area contributed by atoms with Gasteiger partial charge in [0, 0.05) is 36.8 Å². The molecule has 3 aromatic rings. The van der Waals surface area contributed by atoms with Crippen LogP contribution in [0.25, 0.3) is 16.9 Å². The third-order valence-corrected chi connectivity index (χ3v) is 5.80. The predicted octanol–water partition coefficient (Wildman–Crippen LogP) is 4.18. The number of carbonyl (C=O) groups excluding carboxylic acids is 2. The third-order valence-electron chi connectivity index (χ3n) is 5.47. The molecule has 0 aliphatic carbocycles. The number of aromatic nitrogens is 2. The van der Waals surface area contributed by atoms with E-state index in [-0.39, 0.29) is 11.6 Å². The zero-order valence-corrected chi connectivity index (χ0v) is 20.1. The molecule has 2 aromatic carbocycles. The molecular formula is C25H27ClN4O4. The number of H-pyrrole nitrogens is 1. The van der Waals surface area contributed by atoms with Crippen LogP contribution in [-0.4, -0.2) is 63.1 Å². The Morgan fingerprint density at radius 1 is 0.912 bits per heavy atom. The van der Waals surface area contributed by atoms with Crippen LogP contribution in [0.5, 0.6) is 0 Å². The number of ether oxygens (including phenoxy) is 1. The molecule has 178 valence electrons. The molecule has 0 atom stereocenters. The highest BCUT2D eigenvalue weighted by atomic mass is 35.5. The summed E-state index contributed by atoms with van der Waals surface area (Å²) >= 11 is 6.42. The smallest absolute Gasteiger partial charge is 0.410 e. The molecule has 4 rings (SSSR count). The summed E-state index contributed by atoms with van der Waals surface area (Å²) in [7, 11) is 0. The zero-order chi connectivity index (χ0) is 24.5. The fourth-order valence-electron chi connectivity index (χ4n) is 3.89. The SMILES string of the molecule is CC(C)(C)OC(=O)N1CCN(C(=O)c2c(-c3ccccc3Cl)[nH]c(=O)n2-c2ccccc2)CC1. The second-order valence-electron chi connectivity index (χ2n) is 9.06. The number of benzene rings is 2. The molecule has 1 fully saturated rings. The van der Waals surface area contributed by atoms with Crippen LogP contribution in [0.1, 0.15) is 31.3 Å². The number of rotatable bonds is 3. The number of para-hydroxylation sites is 1. The number of nitrogens with one attached hydrogen (secondary N) is 1. The van der Waals surface area contributed by atoms with Gasteiger partial charge in [-0.05, 0) is 39.0 Å². The molecular weight excluding hydrogens is 456 g/mol. The molecule has 0 spiro atoms. The van der Waals surface area contributed by atoms with Crippen LogP contribution in [-0.2, 0) is 4.74 Å². The lowest BCUT2D eigenvalue weighted by molar-refractivity contribution is 0.0140. The van der Waals surface area contributed by atoms with E-state index in [4.69, 9.17) is 16.3 Å². The first-order valence-corrected chi connectivity index (χ1v) is 11.5. The largest absolute Gasteiger partial charge is 0.444 e. The standard InChI is InChI=1S/C25H27ClN4O4/c1-25(2,3)34-24(33)29-15-13-28(14-16-29)22(31)21-20(18-11-7-8-12-19(18)26)27-23(32)30(21)17-9-5-4-6-10-17/h4-12H,13-16H2,1-3H3,(H,27,32). The second kappa shape index (κ2) is 9.38. The Balaban J connectivity index is 1.68. The summed E-state index contributed by atoms with van der Waals surface area (Å²) in [5.74, 6) is -0.319. The van der Waals surface area contributed by atoms with Crippen molar-refractivity contribution in [3.8, 4) is 16.9 Å². The maximum Gasteiger partial charge on any atom is 0.410 e. The summed E-state index contributed by atoms with van der Waals surface area (Å²) in [6.07, 6.45) is -0.404.